The van der Waals surface area contributed by atoms with E-state index in [1.165, 1.54) is 25.7 Å². The van der Waals surface area contributed by atoms with Crippen LogP contribution in [-0.2, 0) is 0 Å². The summed E-state index contributed by atoms with van der Waals surface area (Å²) in [6.07, 6.45) is 14.2. The molecule has 1 nitrogen and oxygen atoms in total. The number of allylic oxidation sites excluding steroid dienone is 3. The molecule has 0 saturated carbocycles. The highest BCUT2D eigenvalue weighted by molar-refractivity contribution is 5.18. The second-order valence-electron chi connectivity index (χ2n) is 5.09. The van der Waals surface area contributed by atoms with Gasteiger partial charge in [-0.2, -0.15) is 0 Å². The Labute approximate surface area is 101 Å². The standard InChI is InChI=1S/C15H27N/c1-4-9-14(3)15(13-16-12-5-2)10-7-6-8-11-15/h6-8,10,14,16H,4-5,9,11-13H2,1-3H3. The van der Waals surface area contributed by atoms with E-state index in [9.17, 15) is 0 Å². The third-order valence-electron chi connectivity index (χ3n) is 3.76. The largest absolute Gasteiger partial charge is 0.316 e. The van der Waals surface area contributed by atoms with Crippen molar-refractivity contribution < 1.29 is 0 Å². The van der Waals surface area contributed by atoms with E-state index in [0.717, 1.165) is 19.0 Å². The molecule has 1 aliphatic rings. The smallest absolute Gasteiger partial charge is 0.00698 e. The molecule has 1 aliphatic carbocycles. The average Bonchev–Trinajstić information content (AvgIpc) is 2.31. The van der Waals surface area contributed by atoms with E-state index in [4.69, 9.17) is 0 Å². The minimum atomic E-state index is 0.361. The first-order valence-electron chi connectivity index (χ1n) is 6.80. The lowest BCUT2D eigenvalue weighted by atomic mass is 9.70. The first-order chi connectivity index (χ1) is 7.75. The lowest BCUT2D eigenvalue weighted by Gasteiger charge is -2.37. The summed E-state index contributed by atoms with van der Waals surface area (Å²) in [4.78, 5) is 0. The van der Waals surface area contributed by atoms with Gasteiger partial charge in [-0.1, -0.05) is 57.9 Å². The average molecular weight is 221 g/mol. The number of nitrogens with one attached hydrogen (secondary N) is 1. The summed E-state index contributed by atoms with van der Waals surface area (Å²) in [7, 11) is 0. The summed E-state index contributed by atoms with van der Waals surface area (Å²) in [6.45, 7) is 9.18. The van der Waals surface area contributed by atoms with Gasteiger partial charge in [0.1, 0.15) is 0 Å². The van der Waals surface area contributed by atoms with Gasteiger partial charge in [-0.3, -0.25) is 0 Å². The predicted octanol–water partition coefficient (Wildman–Crippen LogP) is 3.92. The van der Waals surface area contributed by atoms with Crippen LogP contribution in [0, 0.1) is 11.3 Å². The van der Waals surface area contributed by atoms with Crippen molar-refractivity contribution in [3.63, 3.8) is 0 Å². The molecule has 0 saturated heterocycles. The summed E-state index contributed by atoms with van der Waals surface area (Å²) >= 11 is 0. The predicted molar refractivity (Wildman–Crippen MR) is 72.6 cm³/mol. The van der Waals surface area contributed by atoms with Gasteiger partial charge >= 0.3 is 0 Å². The molecule has 0 bridgehead atoms. The number of hydrogen-bond donors (Lipinski definition) is 1. The third kappa shape index (κ3) is 3.48. The molecular weight excluding hydrogens is 194 g/mol. The Hall–Kier alpha value is -0.560. The normalized spacial score (nSPS) is 25.9. The van der Waals surface area contributed by atoms with E-state index in [0.29, 0.717) is 5.41 Å². The van der Waals surface area contributed by atoms with Crippen LogP contribution in [0.4, 0.5) is 0 Å². The van der Waals surface area contributed by atoms with Gasteiger partial charge < -0.3 is 5.32 Å². The van der Waals surface area contributed by atoms with Crippen molar-refractivity contribution in [2.75, 3.05) is 13.1 Å². The Morgan fingerprint density at radius 2 is 2.06 bits per heavy atom. The molecule has 0 heterocycles. The molecular formula is C15H27N. The minimum Gasteiger partial charge on any atom is -0.316 e. The molecule has 0 aromatic rings. The fourth-order valence-electron chi connectivity index (χ4n) is 2.57. The molecule has 2 unspecified atom stereocenters. The topological polar surface area (TPSA) is 12.0 Å². The summed E-state index contributed by atoms with van der Waals surface area (Å²) in [6, 6.07) is 0. The van der Waals surface area contributed by atoms with Crippen LogP contribution in [0.5, 0.6) is 0 Å². The highest BCUT2D eigenvalue weighted by Gasteiger charge is 2.32. The lowest BCUT2D eigenvalue weighted by molar-refractivity contribution is 0.222. The molecule has 0 amide bonds. The van der Waals surface area contributed by atoms with Crippen LogP contribution in [0.3, 0.4) is 0 Å². The van der Waals surface area contributed by atoms with Crippen molar-refractivity contribution in [2.24, 2.45) is 11.3 Å². The third-order valence-corrected chi connectivity index (χ3v) is 3.76. The van der Waals surface area contributed by atoms with Crippen LogP contribution in [0.1, 0.15) is 46.5 Å². The van der Waals surface area contributed by atoms with Crippen LogP contribution in [-0.4, -0.2) is 13.1 Å². The second-order valence-corrected chi connectivity index (χ2v) is 5.09. The Bertz CT molecular complexity index is 242. The molecule has 0 aliphatic heterocycles. The zero-order chi connectivity index (χ0) is 11.9. The van der Waals surface area contributed by atoms with E-state index in [2.05, 4.69) is 50.4 Å². The maximum absolute atomic E-state index is 3.60. The lowest BCUT2D eigenvalue weighted by Crippen LogP contribution is -2.38. The molecule has 0 aromatic heterocycles. The van der Waals surface area contributed by atoms with Gasteiger partial charge in [-0.25, -0.2) is 0 Å². The van der Waals surface area contributed by atoms with Gasteiger partial charge in [-0.15, -0.1) is 0 Å². The first kappa shape index (κ1) is 13.5. The van der Waals surface area contributed by atoms with Crippen molar-refractivity contribution in [2.45, 2.75) is 46.5 Å². The zero-order valence-corrected chi connectivity index (χ0v) is 11.1. The van der Waals surface area contributed by atoms with Crippen molar-refractivity contribution in [1.82, 2.24) is 5.32 Å². The SMILES string of the molecule is CCCNCC1(C(C)CCC)C=CC=CC1. The van der Waals surface area contributed by atoms with E-state index in [1.807, 2.05) is 0 Å². The monoisotopic (exact) mass is 221 g/mol. The van der Waals surface area contributed by atoms with Gasteiger partial charge in [0.15, 0.2) is 0 Å². The quantitative estimate of drug-likeness (QED) is 0.642. The molecule has 2 atom stereocenters. The van der Waals surface area contributed by atoms with Crippen LogP contribution in [0.15, 0.2) is 24.3 Å². The van der Waals surface area contributed by atoms with Gasteiger partial charge in [-0.05, 0) is 25.3 Å². The van der Waals surface area contributed by atoms with Crippen molar-refractivity contribution in [3.8, 4) is 0 Å². The molecule has 1 heteroatoms. The van der Waals surface area contributed by atoms with Gasteiger partial charge in [0, 0.05) is 12.0 Å². The molecule has 0 fully saturated rings. The zero-order valence-electron chi connectivity index (χ0n) is 11.1. The fraction of sp³-hybridized carbons (Fsp3) is 0.733. The molecule has 16 heavy (non-hydrogen) atoms. The maximum atomic E-state index is 3.60. The summed E-state index contributed by atoms with van der Waals surface area (Å²) in [5.41, 5.74) is 0.361. The van der Waals surface area contributed by atoms with Crippen LogP contribution < -0.4 is 5.32 Å². The second kappa shape index (κ2) is 6.90. The fourth-order valence-corrected chi connectivity index (χ4v) is 2.57. The molecule has 0 radical (unpaired) electrons. The molecule has 92 valence electrons. The Balaban J connectivity index is 2.61. The van der Waals surface area contributed by atoms with Crippen LogP contribution >= 0.6 is 0 Å². The summed E-state index contributed by atoms with van der Waals surface area (Å²) in [5.74, 6) is 0.767. The van der Waals surface area contributed by atoms with Gasteiger partial charge in [0.25, 0.3) is 0 Å². The van der Waals surface area contributed by atoms with Crippen molar-refractivity contribution in [3.05, 3.63) is 24.3 Å². The Morgan fingerprint density at radius 1 is 1.25 bits per heavy atom. The Morgan fingerprint density at radius 3 is 2.62 bits per heavy atom. The van der Waals surface area contributed by atoms with E-state index < -0.39 is 0 Å². The minimum absolute atomic E-state index is 0.361. The molecule has 0 aromatic carbocycles. The van der Waals surface area contributed by atoms with Crippen LogP contribution in [0.25, 0.3) is 0 Å². The van der Waals surface area contributed by atoms with Gasteiger partial charge in [0.05, 0.1) is 0 Å². The molecule has 1 rings (SSSR count). The van der Waals surface area contributed by atoms with Crippen molar-refractivity contribution >= 4 is 0 Å². The van der Waals surface area contributed by atoms with E-state index in [-0.39, 0.29) is 0 Å². The molecule has 1 N–H and O–H groups in total. The maximum Gasteiger partial charge on any atom is 0.00698 e. The van der Waals surface area contributed by atoms with E-state index >= 15 is 0 Å². The van der Waals surface area contributed by atoms with E-state index in [1.54, 1.807) is 0 Å². The highest BCUT2D eigenvalue weighted by Crippen LogP contribution is 2.37. The molecule has 0 spiro atoms. The highest BCUT2D eigenvalue weighted by atomic mass is 14.9. The summed E-state index contributed by atoms with van der Waals surface area (Å²) in [5, 5.41) is 3.60. The Kier molecular flexibility index (Phi) is 5.83. The van der Waals surface area contributed by atoms with Crippen molar-refractivity contribution in [1.29, 1.82) is 0 Å². The van der Waals surface area contributed by atoms with Crippen LogP contribution in [0.2, 0.25) is 0 Å². The first-order valence-corrected chi connectivity index (χ1v) is 6.80. The summed E-state index contributed by atoms with van der Waals surface area (Å²) < 4.78 is 0. The number of rotatable bonds is 7. The number of hydrogen-bond acceptors (Lipinski definition) is 1. The van der Waals surface area contributed by atoms with Gasteiger partial charge in [0.2, 0.25) is 0 Å².